The normalized spacial score (nSPS) is 13.1. The molecule has 0 saturated heterocycles. The highest BCUT2D eigenvalue weighted by Crippen LogP contribution is 2.21. The fraction of sp³-hybridized carbons (Fsp3) is 0.364. The minimum Gasteiger partial charge on any atom is -0.386 e. The first kappa shape index (κ1) is 18.9. The van der Waals surface area contributed by atoms with E-state index in [-0.39, 0.29) is 0 Å². The van der Waals surface area contributed by atoms with E-state index in [0.29, 0.717) is 23.0 Å². The van der Waals surface area contributed by atoms with Crippen LogP contribution in [-0.4, -0.2) is 11.9 Å². The summed E-state index contributed by atoms with van der Waals surface area (Å²) >= 11 is 0. The van der Waals surface area contributed by atoms with Gasteiger partial charge in [0.25, 0.3) is 0 Å². The second-order valence-corrected chi connectivity index (χ2v) is 6.55. The van der Waals surface area contributed by atoms with Crippen LogP contribution in [0.1, 0.15) is 84.2 Å². The van der Waals surface area contributed by atoms with Gasteiger partial charge in [-0.05, 0) is 60.1 Å². The molecule has 2 aromatic rings. The van der Waals surface area contributed by atoms with Crippen LogP contribution in [0.3, 0.4) is 0 Å². The Bertz CT molecular complexity index is 685. The SMILES string of the molecule is CCC(C)c1cccc(C(=O)OC(=O)c2cccc([C@@H](C)CC)c2)c1. The third kappa shape index (κ3) is 4.79. The zero-order chi connectivity index (χ0) is 18.4. The summed E-state index contributed by atoms with van der Waals surface area (Å²) in [5.41, 5.74) is 2.96. The first-order valence-electron chi connectivity index (χ1n) is 8.92. The summed E-state index contributed by atoms with van der Waals surface area (Å²) < 4.78 is 5.08. The van der Waals surface area contributed by atoms with Crippen molar-refractivity contribution in [3.05, 3.63) is 70.8 Å². The molecular formula is C22H26O3. The lowest BCUT2D eigenvalue weighted by atomic mass is 9.97. The number of rotatable bonds is 6. The smallest absolute Gasteiger partial charge is 0.346 e. The van der Waals surface area contributed by atoms with Crippen molar-refractivity contribution in [3.63, 3.8) is 0 Å². The second kappa shape index (κ2) is 8.61. The molecule has 0 amide bonds. The molecule has 0 radical (unpaired) electrons. The lowest BCUT2D eigenvalue weighted by Gasteiger charge is -2.11. The van der Waals surface area contributed by atoms with Gasteiger partial charge in [0, 0.05) is 0 Å². The van der Waals surface area contributed by atoms with Gasteiger partial charge >= 0.3 is 11.9 Å². The van der Waals surface area contributed by atoms with Crippen molar-refractivity contribution in [1.29, 1.82) is 0 Å². The number of benzene rings is 2. The van der Waals surface area contributed by atoms with Crippen LogP contribution >= 0.6 is 0 Å². The Morgan fingerprint density at radius 2 is 1.20 bits per heavy atom. The Labute approximate surface area is 150 Å². The molecule has 132 valence electrons. The van der Waals surface area contributed by atoms with Crippen LogP contribution in [0.15, 0.2) is 48.5 Å². The number of esters is 2. The predicted molar refractivity (Wildman–Crippen MR) is 100 cm³/mol. The first-order valence-corrected chi connectivity index (χ1v) is 8.92. The fourth-order valence-electron chi connectivity index (χ4n) is 2.62. The monoisotopic (exact) mass is 338 g/mol. The van der Waals surface area contributed by atoms with Crippen LogP contribution < -0.4 is 0 Å². The van der Waals surface area contributed by atoms with Gasteiger partial charge in [-0.15, -0.1) is 0 Å². The molecule has 0 spiro atoms. The summed E-state index contributed by atoms with van der Waals surface area (Å²) in [6.07, 6.45) is 1.97. The minimum atomic E-state index is -0.607. The van der Waals surface area contributed by atoms with Crippen molar-refractivity contribution in [2.75, 3.05) is 0 Å². The van der Waals surface area contributed by atoms with Crippen LogP contribution in [0.2, 0.25) is 0 Å². The number of hydrogen-bond donors (Lipinski definition) is 0. The summed E-state index contributed by atoms with van der Waals surface area (Å²) in [6.45, 7) is 8.42. The molecule has 0 saturated carbocycles. The number of carbonyl (C=O) groups is 2. The number of ether oxygens (including phenoxy) is 1. The van der Waals surface area contributed by atoms with E-state index in [1.54, 1.807) is 24.3 Å². The van der Waals surface area contributed by atoms with Crippen molar-refractivity contribution in [2.24, 2.45) is 0 Å². The average Bonchev–Trinajstić information content (AvgIpc) is 2.66. The summed E-state index contributed by atoms with van der Waals surface area (Å²) in [7, 11) is 0. The lowest BCUT2D eigenvalue weighted by Crippen LogP contribution is -2.13. The van der Waals surface area contributed by atoms with Gasteiger partial charge in [0.2, 0.25) is 0 Å². The highest BCUT2D eigenvalue weighted by Gasteiger charge is 2.17. The van der Waals surface area contributed by atoms with E-state index in [4.69, 9.17) is 4.74 Å². The summed E-state index contributed by atoms with van der Waals surface area (Å²) in [5.74, 6) is -0.500. The van der Waals surface area contributed by atoms with Gasteiger partial charge in [-0.3, -0.25) is 0 Å². The molecule has 2 rings (SSSR count). The predicted octanol–water partition coefficient (Wildman–Crippen LogP) is 5.71. The fourth-order valence-corrected chi connectivity index (χ4v) is 2.62. The van der Waals surface area contributed by atoms with Crippen molar-refractivity contribution < 1.29 is 14.3 Å². The maximum atomic E-state index is 12.3. The maximum absolute atomic E-state index is 12.3. The Balaban J connectivity index is 2.14. The molecule has 0 fully saturated rings. The van der Waals surface area contributed by atoms with E-state index in [1.165, 1.54) is 0 Å². The maximum Gasteiger partial charge on any atom is 0.346 e. The number of carbonyl (C=O) groups excluding carboxylic acids is 2. The zero-order valence-corrected chi connectivity index (χ0v) is 15.4. The summed E-state index contributed by atoms with van der Waals surface area (Å²) in [5, 5.41) is 0. The van der Waals surface area contributed by atoms with E-state index in [2.05, 4.69) is 27.7 Å². The minimum absolute atomic E-state index is 0.357. The lowest BCUT2D eigenvalue weighted by molar-refractivity contribution is 0.0397. The summed E-state index contributed by atoms with van der Waals surface area (Å²) in [4.78, 5) is 24.6. The van der Waals surface area contributed by atoms with E-state index in [9.17, 15) is 9.59 Å². The van der Waals surface area contributed by atoms with Crippen molar-refractivity contribution in [1.82, 2.24) is 0 Å². The molecule has 0 heterocycles. The molecule has 1 unspecified atom stereocenters. The Morgan fingerprint density at radius 1 is 0.800 bits per heavy atom. The molecule has 3 nitrogen and oxygen atoms in total. The molecule has 2 aromatic carbocycles. The van der Waals surface area contributed by atoms with Crippen molar-refractivity contribution >= 4 is 11.9 Å². The molecule has 0 aliphatic rings. The van der Waals surface area contributed by atoms with Gasteiger partial charge in [-0.25, -0.2) is 9.59 Å². The van der Waals surface area contributed by atoms with E-state index >= 15 is 0 Å². The van der Waals surface area contributed by atoms with Gasteiger partial charge in [-0.1, -0.05) is 52.0 Å². The van der Waals surface area contributed by atoms with E-state index in [1.807, 2.05) is 24.3 Å². The van der Waals surface area contributed by atoms with Gasteiger partial charge in [0.15, 0.2) is 0 Å². The first-order chi connectivity index (χ1) is 12.0. The van der Waals surface area contributed by atoms with E-state index < -0.39 is 11.9 Å². The standard InChI is InChI=1S/C22H26O3/c1-5-15(3)17-9-7-11-19(13-17)21(23)25-22(24)20-12-8-10-18(14-20)16(4)6-2/h7-16H,5-6H2,1-4H3/t15-,16?/m0/s1. The van der Waals surface area contributed by atoms with Gasteiger partial charge in [-0.2, -0.15) is 0 Å². The molecular weight excluding hydrogens is 312 g/mol. The highest BCUT2D eigenvalue weighted by atomic mass is 16.6. The molecule has 0 aromatic heterocycles. The molecule has 25 heavy (non-hydrogen) atoms. The van der Waals surface area contributed by atoms with Crippen LogP contribution in [0.5, 0.6) is 0 Å². The molecule has 0 N–H and O–H groups in total. The van der Waals surface area contributed by atoms with Crippen LogP contribution in [0.4, 0.5) is 0 Å². The Kier molecular flexibility index (Phi) is 6.51. The van der Waals surface area contributed by atoms with Crippen LogP contribution in [0, 0.1) is 0 Å². The van der Waals surface area contributed by atoms with Crippen LogP contribution in [0.25, 0.3) is 0 Å². The number of hydrogen-bond acceptors (Lipinski definition) is 3. The quantitative estimate of drug-likeness (QED) is 0.500. The third-order valence-corrected chi connectivity index (χ3v) is 4.79. The van der Waals surface area contributed by atoms with Gasteiger partial charge in [0.1, 0.15) is 0 Å². The zero-order valence-electron chi connectivity index (χ0n) is 15.4. The third-order valence-electron chi connectivity index (χ3n) is 4.79. The average molecular weight is 338 g/mol. The molecule has 3 heteroatoms. The topological polar surface area (TPSA) is 43.4 Å². The van der Waals surface area contributed by atoms with Gasteiger partial charge < -0.3 is 4.74 Å². The van der Waals surface area contributed by atoms with E-state index in [0.717, 1.165) is 24.0 Å². The Morgan fingerprint density at radius 3 is 1.56 bits per heavy atom. The second-order valence-electron chi connectivity index (χ2n) is 6.55. The van der Waals surface area contributed by atoms with Crippen molar-refractivity contribution in [3.8, 4) is 0 Å². The summed E-state index contributed by atoms with van der Waals surface area (Å²) in [6, 6.07) is 14.6. The van der Waals surface area contributed by atoms with Gasteiger partial charge in [0.05, 0.1) is 11.1 Å². The Hall–Kier alpha value is -2.42. The van der Waals surface area contributed by atoms with Crippen LogP contribution in [-0.2, 0) is 4.74 Å². The molecule has 2 atom stereocenters. The van der Waals surface area contributed by atoms with Crippen molar-refractivity contribution in [2.45, 2.75) is 52.4 Å². The highest BCUT2D eigenvalue weighted by molar-refractivity contribution is 6.02. The largest absolute Gasteiger partial charge is 0.386 e. The molecule has 0 aliphatic heterocycles. The molecule has 0 bridgehead atoms. The molecule has 0 aliphatic carbocycles.